The Hall–Kier alpha value is -3.67. The Morgan fingerprint density at radius 2 is 1.73 bits per heavy atom. The molecule has 130 valence electrons. The van der Waals surface area contributed by atoms with Crippen LogP contribution in [0.25, 0.3) is 11.3 Å². The molecular formula is C20H16N2O4. The summed E-state index contributed by atoms with van der Waals surface area (Å²) in [4.78, 5) is 23.8. The van der Waals surface area contributed by atoms with Crippen molar-refractivity contribution in [2.75, 3.05) is 7.11 Å². The highest BCUT2D eigenvalue weighted by molar-refractivity contribution is 5.97. The molecule has 0 aliphatic rings. The minimum Gasteiger partial charge on any atom is -0.465 e. The number of rotatable bonds is 5. The normalized spacial score (nSPS) is 10.7. The highest BCUT2D eigenvalue weighted by Crippen LogP contribution is 2.25. The quantitative estimate of drug-likeness (QED) is 0.435. The first-order valence-electron chi connectivity index (χ1n) is 7.85. The Labute approximate surface area is 150 Å². The molecule has 3 aromatic rings. The summed E-state index contributed by atoms with van der Waals surface area (Å²) < 4.78 is 10.5. The van der Waals surface area contributed by atoms with Crippen molar-refractivity contribution in [3.8, 4) is 11.3 Å². The molecular weight excluding hydrogens is 332 g/mol. The van der Waals surface area contributed by atoms with E-state index in [2.05, 4.69) is 10.5 Å². The van der Waals surface area contributed by atoms with Gasteiger partial charge in [-0.15, -0.1) is 0 Å². The van der Waals surface area contributed by atoms with Crippen molar-refractivity contribution in [3.63, 3.8) is 0 Å². The third kappa shape index (κ3) is 3.87. The number of hydrazone groups is 1. The van der Waals surface area contributed by atoms with E-state index in [9.17, 15) is 9.59 Å². The van der Waals surface area contributed by atoms with Crippen molar-refractivity contribution in [2.45, 2.75) is 0 Å². The molecule has 6 heteroatoms. The van der Waals surface area contributed by atoms with Gasteiger partial charge in [-0.3, -0.25) is 4.79 Å². The van der Waals surface area contributed by atoms with Crippen molar-refractivity contribution in [2.24, 2.45) is 5.10 Å². The number of esters is 1. The van der Waals surface area contributed by atoms with Crippen LogP contribution in [0.15, 0.2) is 76.2 Å². The van der Waals surface area contributed by atoms with Crippen LogP contribution in [0.2, 0.25) is 0 Å². The summed E-state index contributed by atoms with van der Waals surface area (Å²) in [6.07, 6.45) is 1.39. The van der Waals surface area contributed by atoms with Crippen LogP contribution in [0.5, 0.6) is 0 Å². The van der Waals surface area contributed by atoms with Gasteiger partial charge >= 0.3 is 5.97 Å². The summed E-state index contributed by atoms with van der Waals surface area (Å²) >= 11 is 0. The Balaban J connectivity index is 1.73. The zero-order chi connectivity index (χ0) is 18.4. The maximum atomic E-state index is 11.9. The number of hydrogen-bond donors (Lipinski definition) is 1. The smallest absolute Gasteiger partial charge is 0.338 e. The van der Waals surface area contributed by atoms with E-state index in [0.29, 0.717) is 28.2 Å². The second-order valence-corrected chi connectivity index (χ2v) is 5.30. The van der Waals surface area contributed by atoms with Crippen molar-refractivity contribution in [3.05, 3.63) is 83.6 Å². The molecule has 0 unspecified atom stereocenters. The Morgan fingerprint density at radius 3 is 2.50 bits per heavy atom. The molecule has 1 amide bonds. The van der Waals surface area contributed by atoms with E-state index in [4.69, 9.17) is 9.15 Å². The predicted octanol–water partition coefficient (Wildman–Crippen LogP) is 3.50. The van der Waals surface area contributed by atoms with E-state index in [1.807, 2.05) is 6.07 Å². The van der Waals surface area contributed by atoms with Crippen LogP contribution in [-0.4, -0.2) is 25.2 Å². The van der Waals surface area contributed by atoms with Crippen LogP contribution in [0.4, 0.5) is 0 Å². The van der Waals surface area contributed by atoms with Gasteiger partial charge in [-0.1, -0.05) is 36.4 Å². The molecule has 1 aromatic heterocycles. The molecule has 0 spiro atoms. The van der Waals surface area contributed by atoms with Gasteiger partial charge in [0.2, 0.25) is 0 Å². The predicted molar refractivity (Wildman–Crippen MR) is 97.0 cm³/mol. The van der Waals surface area contributed by atoms with Gasteiger partial charge in [0.05, 0.1) is 18.9 Å². The first kappa shape index (κ1) is 17.2. The maximum absolute atomic E-state index is 11.9. The fourth-order valence-corrected chi connectivity index (χ4v) is 2.36. The third-order valence-electron chi connectivity index (χ3n) is 3.62. The lowest BCUT2D eigenvalue weighted by atomic mass is 10.1. The fourth-order valence-electron chi connectivity index (χ4n) is 2.36. The Morgan fingerprint density at radius 1 is 1.00 bits per heavy atom. The Bertz CT molecular complexity index is 945. The van der Waals surface area contributed by atoms with Gasteiger partial charge < -0.3 is 9.15 Å². The number of carbonyl (C=O) groups is 2. The molecule has 1 heterocycles. The number of furan rings is 1. The van der Waals surface area contributed by atoms with Crippen molar-refractivity contribution in [1.82, 2.24) is 5.43 Å². The molecule has 0 bridgehead atoms. The number of carbonyl (C=O) groups excluding carboxylic acids is 2. The van der Waals surface area contributed by atoms with Gasteiger partial charge in [0, 0.05) is 11.1 Å². The first-order valence-corrected chi connectivity index (χ1v) is 7.85. The van der Waals surface area contributed by atoms with Crippen LogP contribution in [-0.2, 0) is 4.74 Å². The van der Waals surface area contributed by atoms with Gasteiger partial charge in [-0.2, -0.15) is 5.10 Å². The minimum absolute atomic E-state index is 0.315. The van der Waals surface area contributed by atoms with E-state index >= 15 is 0 Å². The zero-order valence-electron chi connectivity index (χ0n) is 14.0. The van der Waals surface area contributed by atoms with Crippen LogP contribution in [0.3, 0.4) is 0 Å². The largest absolute Gasteiger partial charge is 0.465 e. The number of nitrogens with one attached hydrogen (secondary N) is 1. The molecule has 0 fully saturated rings. The molecule has 0 saturated carbocycles. The molecule has 3 rings (SSSR count). The molecule has 2 aromatic carbocycles. The highest BCUT2D eigenvalue weighted by atomic mass is 16.5. The third-order valence-corrected chi connectivity index (χ3v) is 3.62. The zero-order valence-corrected chi connectivity index (χ0v) is 14.0. The second-order valence-electron chi connectivity index (χ2n) is 5.30. The van der Waals surface area contributed by atoms with Crippen molar-refractivity contribution >= 4 is 18.1 Å². The fraction of sp³-hybridized carbons (Fsp3) is 0.0500. The summed E-state index contributed by atoms with van der Waals surface area (Å²) in [5, 5.41) is 3.89. The first-order chi connectivity index (χ1) is 12.7. The van der Waals surface area contributed by atoms with Gasteiger partial charge in [-0.05, 0) is 30.3 Å². The molecule has 1 N–H and O–H groups in total. The van der Waals surface area contributed by atoms with Gasteiger partial charge in [0.1, 0.15) is 11.5 Å². The Kier molecular flexibility index (Phi) is 5.24. The maximum Gasteiger partial charge on any atom is 0.338 e. The number of hydrogen-bond acceptors (Lipinski definition) is 5. The van der Waals surface area contributed by atoms with E-state index in [-0.39, 0.29) is 5.91 Å². The van der Waals surface area contributed by atoms with E-state index < -0.39 is 5.97 Å². The summed E-state index contributed by atoms with van der Waals surface area (Å²) in [6, 6.07) is 19.2. The van der Waals surface area contributed by atoms with Crippen LogP contribution in [0.1, 0.15) is 26.5 Å². The number of benzene rings is 2. The van der Waals surface area contributed by atoms with Crippen LogP contribution in [0, 0.1) is 0 Å². The van der Waals surface area contributed by atoms with E-state index in [0.717, 1.165) is 0 Å². The number of amides is 1. The topological polar surface area (TPSA) is 80.9 Å². The second kappa shape index (κ2) is 7.94. The molecule has 6 nitrogen and oxygen atoms in total. The van der Waals surface area contributed by atoms with Gasteiger partial charge in [0.15, 0.2) is 0 Å². The molecule has 0 radical (unpaired) electrons. The summed E-state index contributed by atoms with van der Waals surface area (Å²) in [5.74, 6) is 0.182. The minimum atomic E-state index is -0.442. The van der Waals surface area contributed by atoms with Gasteiger partial charge in [-0.25, -0.2) is 10.2 Å². The molecule has 0 aliphatic heterocycles. The van der Waals surface area contributed by atoms with Crippen LogP contribution < -0.4 is 5.43 Å². The molecule has 0 atom stereocenters. The highest BCUT2D eigenvalue weighted by Gasteiger charge is 2.15. The number of ether oxygens (including phenoxy) is 1. The lowest BCUT2D eigenvalue weighted by molar-refractivity contribution is 0.0601. The number of methoxy groups -OCH3 is 1. The molecule has 0 aliphatic carbocycles. The monoisotopic (exact) mass is 348 g/mol. The lowest BCUT2D eigenvalue weighted by Gasteiger charge is -2.04. The van der Waals surface area contributed by atoms with E-state index in [1.54, 1.807) is 60.7 Å². The lowest BCUT2D eigenvalue weighted by Crippen LogP contribution is -2.17. The molecule has 0 saturated heterocycles. The van der Waals surface area contributed by atoms with Crippen molar-refractivity contribution in [1.29, 1.82) is 0 Å². The average Bonchev–Trinajstić information content (AvgIpc) is 3.16. The standard InChI is InChI=1S/C20H16N2O4/c1-25-20(24)17-10-6-5-9-16(17)18-12-11-15(26-18)13-21-22-19(23)14-7-3-2-4-8-14/h2-13H,1H3,(H,22,23). The SMILES string of the molecule is COC(=O)c1ccccc1-c1ccc(C=NNC(=O)c2ccccc2)o1. The molecule has 26 heavy (non-hydrogen) atoms. The van der Waals surface area contributed by atoms with Crippen LogP contribution >= 0.6 is 0 Å². The van der Waals surface area contributed by atoms with Crippen molar-refractivity contribution < 1.29 is 18.7 Å². The van der Waals surface area contributed by atoms with E-state index in [1.165, 1.54) is 13.3 Å². The van der Waals surface area contributed by atoms with Gasteiger partial charge in [0.25, 0.3) is 5.91 Å². The summed E-state index contributed by atoms with van der Waals surface area (Å²) in [5.41, 5.74) is 3.97. The summed E-state index contributed by atoms with van der Waals surface area (Å²) in [7, 11) is 1.33. The number of nitrogens with zero attached hydrogens (tertiary/aromatic N) is 1. The average molecular weight is 348 g/mol. The summed E-state index contributed by atoms with van der Waals surface area (Å²) in [6.45, 7) is 0.